The first-order valence-corrected chi connectivity index (χ1v) is 16.0. The largest absolute Gasteiger partial charge is 0.289 e. The lowest BCUT2D eigenvalue weighted by atomic mass is 9.89. The van der Waals surface area contributed by atoms with E-state index in [2.05, 4.69) is 99.0 Å². The minimum atomic E-state index is -1.25. The third-order valence-electron chi connectivity index (χ3n) is 6.43. The molecule has 0 spiro atoms. The van der Waals surface area contributed by atoms with Crippen molar-refractivity contribution in [2.24, 2.45) is 7.05 Å². The van der Waals surface area contributed by atoms with Crippen molar-refractivity contribution in [3.63, 3.8) is 0 Å². The predicted octanol–water partition coefficient (Wildman–Crippen LogP) is 7.05. The van der Waals surface area contributed by atoms with Gasteiger partial charge >= 0.3 is 0 Å². The third-order valence-corrected chi connectivity index (χ3v) is 9.06. The summed E-state index contributed by atoms with van der Waals surface area (Å²) in [4.78, 5) is 6.12. The second kappa shape index (κ2) is 7.53. The number of rotatable bonds is 4. The Balaban J connectivity index is 1.84. The average Bonchev–Trinajstić information content (AvgIpc) is 3.27. The SMILES string of the molecule is Cc1c(-c2c3sc4c(C[Si](C)(C)C)ncn4c3cc[n+]2C)cc(C(C)C)c2ccccc12. The standard InChI is InChI=1S/C27H32N3SSi/c1-17(2)21-14-22(18(3)19-10-8-9-11-20(19)21)25-26-24(12-13-29(25)4)30-16-28-23(27(30)31-26)15-32(5,6)7/h8-14,16-17H,15H2,1-7H3/q+1. The van der Waals surface area contributed by atoms with E-state index in [0.717, 1.165) is 6.04 Å². The first kappa shape index (κ1) is 21.3. The van der Waals surface area contributed by atoms with Gasteiger partial charge in [0.25, 0.3) is 0 Å². The van der Waals surface area contributed by atoms with Gasteiger partial charge in [-0.25, -0.2) is 4.98 Å². The molecule has 0 bridgehead atoms. The molecule has 0 radical (unpaired) electrons. The van der Waals surface area contributed by atoms with Crippen LogP contribution in [-0.4, -0.2) is 17.5 Å². The summed E-state index contributed by atoms with van der Waals surface area (Å²) in [6.45, 7) is 14.1. The zero-order valence-corrected chi connectivity index (χ0v) is 22.0. The van der Waals surface area contributed by atoms with Crippen molar-refractivity contribution in [2.45, 2.75) is 52.4 Å². The van der Waals surface area contributed by atoms with Gasteiger partial charge in [0.15, 0.2) is 6.20 Å². The van der Waals surface area contributed by atoms with E-state index in [9.17, 15) is 0 Å². The van der Waals surface area contributed by atoms with Crippen molar-refractivity contribution < 1.29 is 4.57 Å². The molecule has 0 saturated carbocycles. The van der Waals surface area contributed by atoms with E-state index < -0.39 is 8.07 Å². The average molecular weight is 459 g/mol. The minimum absolute atomic E-state index is 0.468. The molecule has 0 aliphatic rings. The van der Waals surface area contributed by atoms with Crippen LogP contribution in [-0.2, 0) is 13.1 Å². The summed E-state index contributed by atoms with van der Waals surface area (Å²) < 4.78 is 5.95. The Labute approximate surface area is 195 Å². The molecule has 3 aromatic heterocycles. The molecule has 0 amide bonds. The van der Waals surface area contributed by atoms with Crippen LogP contribution in [0.2, 0.25) is 19.6 Å². The van der Waals surface area contributed by atoms with Gasteiger partial charge < -0.3 is 0 Å². The number of hydrogen-bond donors (Lipinski definition) is 0. The number of pyridine rings is 1. The van der Waals surface area contributed by atoms with Crippen LogP contribution in [0.15, 0.2) is 48.9 Å². The Morgan fingerprint density at radius 2 is 1.81 bits per heavy atom. The van der Waals surface area contributed by atoms with Crippen LogP contribution in [0.5, 0.6) is 0 Å². The molecule has 5 rings (SSSR count). The molecule has 0 aliphatic carbocycles. The van der Waals surface area contributed by atoms with Crippen molar-refractivity contribution in [3.8, 4) is 11.3 Å². The van der Waals surface area contributed by atoms with Crippen LogP contribution in [0.3, 0.4) is 0 Å². The molecule has 0 fully saturated rings. The maximum absolute atomic E-state index is 4.81. The van der Waals surface area contributed by atoms with Crippen molar-refractivity contribution in [3.05, 3.63) is 65.7 Å². The molecule has 0 unspecified atom stereocenters. The summed E-state index contributed by atoms with van der Waals surface area (Å²) in [5.74, 6) is 0.468. The lowest BCUT2D eigenvalue weighted by molar-refractivity contribution is -0.659. The molecular formula is C27H32N3SSi+. The van der Waals surface area contributed by atoms with Gasteiger partial charge in [-0.3, -0.25) is 4.40 Å². The van der Waals surface area contributed by atoms with Crippen molar-refractivity contribution in [2.75, 3.05) is 0 Å². The number of aromatic nitrogens is 3. The summed E-state index contributed by atoms with van der Waals surface area (Å²) in [6.07, 6.45) is 4.23. The summed E-state index contributed by atoms with van der Waals surface area (Å²) >= 11 is 1.90. The molecule has 3 heterocycles. The van der Waals surface area contributed by atoms with Crippen LogP contribution >= 0.6 is 11.3 Å². The zero-order valence-electron chi connectivity index (χ0n) is 20.2. The van der Waals surface area contributed by atoms with Gasteiger partial charge in [-0.2, -0.15) is 4.57 Å². The molecule has 32 heavy (non-hydrogen) atoms. The lowest BCUT2D eigenvalue weighted by Gasteiger charge is -2.16. The van der Waals surface area contributed by atoms with E-state index >= 15 is 0 Å². The van der Waals surface area contributed by atoms with Gasteiger partial charge in [-0.05, 0) is 46.9 Å². The zero-order chi connectivity index (χ0) is 22.8. The fraction of sp³-hybridized carbons (Fsp3) is 0.333. The summed E-state index contributed by atoms with van der Waals surface area (Å²) in [5.41, 5.74) is 7.93. The molecule has 5 aromatic rings. The number of thiazole rings is 1. The Morgan fingerprint density at radius 1 is 1.09 bits per heavy atom. The fourth-order valence-corrected chi connectivity index (χ4v) is 7.56. The van der Waals surface area contributed by atoms with E-state index in [1.807, 2.05) is 17.7 Å². The molecule has 2 aromatic carbocycles. The highest BCUT2D eigenvalue weighted by Gasteiger charge is 2.25. The maximum atomic E-state index is 4.81. The lowest BCUT2D eigenvalue weighted by Crippen LogP contribution is -2.30. The first-order chi connectivity index (χ1) is 15.2. The number of aryl methyl sites for hydroxylation is 2. The highest BCUT2D eigenvalue weighted by Crippen LogP contribution is 2.39. The summed E-state index contributed by atoms with van der Waals surface area (Å²) in [5, 5.41) is 2.73. The van der Waals surface area contributed by atoms with Crippen molar-refractivity contribution >= 4 is 45.2 Å². The summed E-state index contributed by atoms with van der Waals surface area (Å²) in [7, 11) is 0.925. The number of fused-ring (bicyclic) bond motifs is 4. The quantitative estimate of drug-likeness (QED) is 0.209. The van der Waals surface area contributed by atoms with E-state index in [1.54, 1.807) is 0 Å². The van der Waals surface area contributed by atoms with E-state index in [4.69, 9.17) is 4.98 Å². The molecule has 0 N–H and O–H groups in total. The first-order valence-electron chi connectivity index (χ1n) is 11.5. The Hall–Kier alpha value is -2.50. The van der Waals surface area contributed by atoms with Gasteiger partial charge in [0.1, 0.15) is 22.9 Å². The van der Waals surface area contributed by atoms with Gasteiger partial charge in [0, 0.05) is 6.07 Å². The van der Waals surface area contributed by atoms with Gasteiger partial charge in [-0.1, -0.05) is 57.8 Å². The van der Waals surface area contributed by atoms with Crippen LogP contribution in [0.4, 0.5) is 0 Å². The second-order valence-electron chi connectivity index (χ2n) is 10.5. The number of nitrogens with zero attached hydrogens (tertiary/aromatic N) is 3. The third kappa shape index (κ3) is 3.39. The number of hydrogen-bond acceptors (Lipinski definition) is 2. The smallest absolute Gasteiger partial charge is 0.232 e. The predicted molar refractivity (Wildman–Crippen MR) is 141 cm³/mol. The van der Waals surface area contributed by atoms with Crippen LogP contribution in [0.25, 0.3) is 37.1 Å². The molecule has 0 atom stereocenters. The van der Waals surface area contributed by atoms with Crippen LogP contribution in [0, 0.1) is 6.92 Å². The molecule has 0 aliphatic heterocycles. The molecule has 164 valence electrons. The normalized spacial score (nSPS) is 12.6. The Kier molecular flexibility index (Phi) is 5.02. The summed E-state index contributed by atoms with van der Waals surface area (Å²) in [6, 6.07) is 14.7. The minimum Gasteiger partial charge on any atom is -0.289 e. The maximum Gasteiger partial charge on any atom is 0.232 e. The number of imidazole rings is 1. The Morgan fingerprint density at radius 3 is 2.50 bits per heavy atom. The van der Waals surface area contributed by atoms with Crippen LogP contribution < -0.4 is 4.57 Å². The van der Waals surface area contributed by atoms with Gasteiger partial charge in [0.05, 0.1) is 24.8 Å². The molecule has 0 saturated heterocycles. The van der Waals surface area contributed by atoms with Gasteiger partial charge in [-0.15, -0.1) is 11.3 Å². The van der Waals surface area contributed by atoms with Crippen molar-refractivity contribution in [1.29, 1.82) is 0 Å². The number of benzene rings is 2. The van der Waals surface area contributed by atoms with E-state index in [-0.39, 0.29) is 0 Å². The molecule has 5 heteroatoms. The highest BCUT2D eigenvalue weighted by molar-refractivity contribution is 7.24. The van der Waals surface area contributed by atoms with Crippen molar-refractivity contribution in [1.82, 2.24) is 9.38 Å². The Bertz CT molecular complexity index is 1480. The van der Waals surface area contributed by atoms with E-state index in [0.29, 0.717) is 5.92 Å². The molecular weight excluding hydrogens is 426 g/mol. The van der Waals surface area contributed by atoms with Crippen LogP contribution in [0.1, 0.15) is 36.6 Å². The fourth-order valence-electron chi connectivity index (χ4n) is 4.86. The molecule has 3 nitrogen and oxygen atoms in total. The second-order valence-corrected chi connectivity index (χ2v) is 17.0. The van der Waals surface area contributed by atoms with E-state index in [1.165, 1.54) is 53.9 Å². The highest BCUT2D eigenvalue weighted by atomic mass is 32.1. The monoisotopic (exact) mass is 458 g/mol. The van der Waals surface area contributed by atoms with Gasteiger partial charge in [0.2, 0.25) is 5.69 Å². The topological polar surface area (TPSA) is 21.2 Å².